The summed E-state index contributed by atoms with van der Waals surface area (Å²) in [7, 11) is 0. The van der Waals surface area contributed by atoms with Gasteiger partial charge in [0, 0.05) is 6.54 Å². The Morgan fingerprint density at radius 1 is 1.04 bits per heavy atom. The van der Waals surface area contributed by atoms with Gasteiger partial charge in [-0.15, -0.1) is 21.5 Å². The van der Waals surface area contributed by atoms with E-state index < -0.39 is 0 Å². The van der Waals surface area contributed by atoms with E-state index in [-0.39, 0.29) is 5.91 Å². The summed E-state index contributed by atoms with van der Waals surface area (Å²) in [6.45, 7) is 2.76. The highest BCUT2D eigenvalue weighted by atomic mass is 32.1. The first-order valence-electron chi connectivity index (χ1n) is 7.19. The summed E-state index contributed by atoms with van der Waals surface area (Å²) in [5, 5.41) is 15.9. The molecule has 2 N–H and O–H groups in total. The van der Waals surface area contributed by atoms with Crippen LogP contribution < -0.4 is 10.6 Å². The van der Waals surface area contributed by atoms with Crippen molar-refractivity contribution in [3.05, 3.63) is 69.9 Å². The molecule has 0 saturated carbocycles. The number of nitrogens with one attached hydrogen (secondary N) is 2. The standard InChI is InChI=1S/C17H16N4OS/c1-12-5-2-3-6-13(12)11-18-15-8-9-16(21-20-15)19-17(22)14-7-4-10-23-14/h2-10H,11H2,1H3,(H,18,20)(H,19,21,22). The highest BCUT2D eigenvalue weighted by Gasteiger charge is 2.08. The van der Waals surface area contributed by atoms with E-state index in [0.717, 1.165) is 0 Å². The van der Waals surface area contributed by atoms with Gasteiger partial charge in [0.05, 0.1) is 4.88 Å². The van der Waals surface area contributed by atoms with Crippen LogP contribution in [0.5, 0.6) is 0 Å². The van der Waals surface area contributed by atoms with Crippen LogP contribution in [0.1, 0.15) is 20.8 Å². The Morgan fingerprint density at radius 3 is 2.52 bits per heavy atom. The molecule has 0 radical (unpaired) electrons. The van der Waals surface area contributed by atoms with Gasteiger partial charge in [-0.05, 0) is 41.6 Å². The van der Waals surface area contributed by atoms with Crippen molar-refractivity contribution in [3.63, 3.8) is 0 Å². The number of aromatic nitrogens is 2. The number of carbonyl (C=O) groups excluding carboxylic acids is 1. The number of anilines is 2. The van der Waals surface area contributed by atoms with Crippen LogP contribution in [-0.2, 0) is 6.54 Å². The summed E-state index contributed by atoms with van der Waals surface area (Å²) in [6.07, 6.45) is 0. The third-order valence-corrected chi connectivity index (χ3v) is 4.24. The minimum atomic E-state index is -0.171. The number of hydrogen-bond acceptors (Lipinski definition) is 5. The molecule has 3 rings (SSSR count). The lowest BCUT2D eigenvalue weighted by Gasteiger charge is -2.08. The number of nitrogens with zero attached hydrogens (tertiary/aromatic N) is 2. The van der Waals surface area contributed by atoms with Gasteiger partial charge in [0.15, 0.2) is 5.82 Å². The molecule has 23 heavy (non-hydrogen) atoms. The average molecular weight is 324 g/mol. The van der Waals surface area contributed by atoms with E-state index in [1.807, 2.05) is 23.6 Å². The Kier molecular flexibility index (Phi) is 4.63. The van der Waals surface area contributed by atoms with Crippen molar-refractivity contribution in [3.8, 4) is 0 Å². The summed E-state index contributed by atoms with van der Waals surface area (Å²) >= 11 is 1.39. The molecule has 1 aromatic carbocycles. The van der Waals surface area contributed by atoms with E-state index in [4.69, 9.17) is 0 Å². The van der Waals surface area contributed by atoms with Gasteiger partial charge in [-0.3, -0.25) is 4.79 Å². The van der Waals surface area contributed by atoms with Crippen LogP contribution in [0.4, 0.5) is 11.6 Å². The van der Waals surface area contributed by atoms with E-state index >= 15 is 0 Å². The predicted molar refractivity (Wildman–Crippen MR) is 92.8 cm³/mol. The van der Waals surface area contributed by atoms with Crippen molar-refractivity contribution in [1.29, 1.82) is 0 Å². The third-order valence-electron chi connectivity index (χ3n) is 3.37. The summed E-state index contributed by atoms with van der Waals surface area (Å²) in [5.41, 5.74) is 2.44. The molecule has 0 aliphatic rings. The molecular formula is C17H16N4OS. The van der Waals surface area contributed by atoms with Crippen LogP contribution in [0.2, 0.25) is 0 Å². The van der Waals surface area contributed by atoms with E-state index in [1.165, 1.54) is 22.5 Å². The highest BCUT2D eigenvalue weighted by Crippen LogP contribution is 2.13. The number of carbonyl (C=O) groups is 1. The highest BCUT2D eigenvalue weighted by molar-refractivity contribution is 7.12. The van der Waals surface area contributed by atoms with Crippen LogP contribution in [0, 0.1) is 6.92 Å². The Morgan fingerprint density at radius 2 is 1.83 bits per heavy atom. The molecule has 0 fully saturated rings. The quantitative estimate of drug-likeness (QED) is 0.751. The van der Waals surface area contributed by atoms with Gasteiger partial charge in [-0.1, -0.05) is 30.3 Å². The maximum Gasteiger partial charge on any atom is 0.266 e. The number of hydrogen-bond donors (Lipinski definition) is 2. The Bertz CT molecular complexity index is 785. The lowest BCUT2D eigenvalue weighted by Crippen LogP contribution is -2.12. The van der Waals surface area contributed by atoms with Gasteiger partial charge in [-0.2, -0.15) is 0 Å². The summed E-state index contributed by atoms with van der Waals surface area (Å²) < 4.78 is 0. The first kappa shape index (κ1) is 15.2. The molecule has 0 bridgehead atoms. The second-order valence-electron chi connectivity index (χ2n) is 5.02. The Hall–Kier alpha value is -2.73. The molecule has 2 aromatic heterocycles. The van der Waals surface area contributed by atoms with Gasteiger partial charge in [-0.25, -0.2) is 0 Å². The van der Waals surface area contributed by atoms with E-state index in [1.54, 1.807) is 18.2 Å². The second kappa shape index (κ2) is 7.02. The van der Waals surface area contributed by atoms with Crippen molar-refractivity contribution in [2.75, 3.05) is 10.6 Å². The molecule has 5 nitrogen and oxygen atoms in total. The summed E-state index contributed by atoms with van der Waals surface area (Å²) in [6, 6.07) is 15.3. The van der Waals surface area contributed by atoms with Crippen molar-refractivity contribution in [1.82, 2.24) is 10.2 Å². The number of amides is 1. The third kappa shape index (κ3) is 3.92. The predicted octanol–water partition coefficient (Wildman–Crippen LogP) is 3.71. The number of benzene rings is 1. The summed E-state index contributed by atoms with van der Waals surface area (Å²) in [4.78, 5) is 12.6. The lowest BCUT2D eigenvalue weighted by atomic mass is 10.1. The fourth-order valence-corrected chi connectivity index (χ4v) is 2.69. The molecule has 6 heteroatoms. The number of aryl methyl sites for hydroxylation is 1. The zero-order valence-corrected chi connectivity index (χ0v) is 13.4. The maximum absolute atomic E-state index is 11.9. The first-order chi connectivity index (χ1) is 11.2. The van der Waals surface area contributed by atoms with Crippen molar-refractivity contribution >= 4 is 28.9 Å². The number of rotatable bonds is 5. The van der Waals surface area contributed by atoms with Crippen LogP contribution in [0.25, 0.3) is 0 Å². The maximum atomic E-state index is 11.9. The van der Waals surface area contributed by atoms with Crippen LogP contribution in [-0.4, -0.2) is 16.1 Å². The van der Waals surface area contributed by atoms with Crippen molar-refractivity contribution < 1.29 is 4.79 Å². The van der Waals surface area contributed by atoms with Gasteiger partial charge in [0.25, 0.3) is 5.91 Å². The fraction of sp³-hybridized carbons (Fsp3) is 0.118. The van der Waals surface area contributed by atoms with Crippen molar-refractivity contribution in [2.24, 2.45) is 0 Å². The Labute approximate surface area is 138 Å². The van der Waals surface area contributed by atoms with Gasteiger partial charge < -0.3 is 10.6 Å². The van der Waals surface area contributed by atoms with E-state index in [2.05, 4.69) is 39.9 Å². The van der Waals surface area contributed by atoms with Crippen molar-refractivity contribution in [2.45, 2.75) is 13.5 Å². The molecule has 3 aromatic rings. The van der Waals surface area contributed by atoms with Gasteiger partial charge >= 0.3 is 0 Å². The minimum Gasteiger partial charge on any atom is -0.364 e. The Balaban J connectivity index is 1.59. The molecule has 0 saturated heterocycles. The molecule has 0 aliphatic heterocycles. The lowest BCUT2D eigenvalue weighted by molar-refractivity contribution is 0.103. The first-order valence-corrected chi connectivity index (χ1v) is 8.07. The zero-order valence-electron chi connectivity index (χ0n) is 12.6. The van der Waals surface area contributed by atoms with Crippen LogP contribution in [0.15, 0.2) is 53.9 Å². The SMILES string of the molecule is Cc1ccccc1CNc1ccc(NC(=O)c2cccs2)nn1. The number of thiophene rings is 1. The van der Waals surface area contributed by atoms with Gasteiger partial charge in [0.1, 0.15) is 5.82 Å². The van der Waals surface area contributed by atoms with Crippen LogP contribution >= 0.6 is 11.3 Å². The molecule has 116 valence electrons. The van der Waals surface area contributed by atoms with E-state index in [9.17, 15) is 4.79 Å². The molecule has 2 heterocycles. The normalized spacial score (nSPS) is 10.3. The van der Waals surface area contributed by atoms with E-state index in [0.29, 0.717) is 23.1 Å². The largest absolute Gasteiger partial charge is 0.364 e. The minimum absolute atomic E-state index is 0.171. The fourth-order valence-electron chi connectivity index (χ4n) is 2.07. The molecule has 0 atom stereocenters. The molecule has 0 aliphatic carbocycles. The molecule has 1 amide bonds. The molecule has 0 unspecified atom stereocenters. The average Bonchev–Trinajstić information content (AvgIpc) is 3.10. The van der Waals surface area contributed by atoms with Gasteiger partial charge in [0.2, 0.25) is 0 Å². The second-order valence-corrected chi connectivity index (χ2v) is 5.96. The molecular weight excluding hydrogens is 308 g/mol. The smallest absolute Gasteiger partial charge is 0.266 e. The van der Waals surface area contributed by atoms with Crippen LogP contribution in [0.3, 0.4) is 0 Å². The monoisotopic (exact) mass is 324 g/mol. The molecule has 0 spiro atoms. The summed E-state index contributed by atoms with van der Waals surface area (Å²) in [5.74, 6) is 0.933. The zero-order chi connectivity index (χ0) is 16.1. The topological polar surface area (TPSA) is 66.9 Å².